The van der Waals surface area contributed by atoms with Crippen LogP contribution in [0.4, 0.5) is 43.5 Å². The highest BCUT2D eigenvalue weighted by atomic mass is 32.2. The number of hydrogen-bond donors (Lipinski definition) is 1. The first-order valence-corrected chi connectivity index (χ1v) is 11.0. The van der Waals surface area contributed by atoms with Gasteiger partial charge in [0.25, 0.3) is 10.0 Å². The van der Waals surface area contributed by atoms with E-state index in [0.29, 0.717) is 5.56 Å². The Morgan fingerprint density at radius 2 is 1.65 bits per heavy atom. The summed E-state index contributed by atoms with van der Waals surface area (Å²) < 4.78 is 108. The Labute approximate surface area is 189 Å². The minimum Gasteiger partial charge on any atom is -0.406 e. The maximum atomic E-state index is 13.5. The number of benzene rings is 2. The zero-order chi connectivity index (χ0) is 24.9. The van der Waals surface area contributed by atoms with Gasteiger partial charge < -0.3 is 10.1 Å². The molecular weight excluding hydrogens is 488 g/mol. The van der Waals surface area contributed by atoms with E-state index >= 15 is 0 Å². The van der Waals surface area contributed by atoms with Crippen molar-refractivity contribution in [3.05, 3.63) is 71.4 Å². The second-order valence-electron chi connectivity index (χ2n) is 7.38. The third-order valence-corrected chi connectivity index (χ3v) is 6.68. The van der Waals surface area contributed by atoms with E-state index in [0.717, 1.165) is 40.7 Å². The quantitative estimate of drug-likeness (QED) is 0.461. The van der Waals surface area contributed by atoms with Crippen LogP contribution >= 0.6 is 0 Å². The lowest BCUT2D eigenvalue weighted by atomic mass is 10.2. The van der Waals surface area contributed by atoms with Crippen molar-refractivity contribution in [1.29, 1.82) is 0 Å². The number of nitrogens with zero attached hydrogens (tertiary/aromatic N) is 2. The van der Waals surface area contributed by atoms with Gasteiger partial charge in [-0.1, -0.05) is 12.1 Å². The minimum atomic E-state index is -4.95. The van der Waals surface area contributed by atoms with Crippen LogP contribution in [0.15, 0.2) is 59.5 Å². The molecule has 3 aromatic rings. The smallest absolute Gasteiger partial charge is 0.406 e. The number of hydrogen-bond acceptors (Lipinski definition) is 5. The largest absolute Gasteiger partial charge is 0.573 e. The van der Waals surface area contributed by atoms with Crippen LogP contribution in [0.5, 0.6) is 5.75 Å². The third-order valence-electron chi connectivity index (χ3n) is 4.90. The molecule has 1 aliphatic rings. The van der Waals surface area contributed by atoms with Crippen LogP contribution in [0.3, 0.4) is 0 Å². The molecule has 1 aliphatic heterocycles. The fraction of sp³-hybridized carbons (Fsp3) is 0.190. The summed E-state index contributed by atoms with van der Waals surface area (Å²) in [4.78, 5) is 3.28. The third kappa shape index (κ3) is 4.74. The van der Waals surface area contributed by atoms with Crippen LogP contribution in [0, 0.1) is 6.92 Å². The van der Waals surface area contributed by atoms with Gasteiger partial charge in [-0.2, -0.15) is 13.2 Å². The fourth-order valence-electron chi connectivity index (χ4n) is 3.36. The van der Waals surface area contributed by atoms with E-state index < -0.39 is 34.0 Å². The molecule has 4 rings (SSSR count). The lowest BCUT2D eigenvalue weighted by molar-refractivity contribution is -0.274. The number of anilines is 3. The summed E-state index contributed by atoms with van der Waals surface area (Å²) in [5.74, 6) is -0.763. The van der Waals surface area contributed by atoms with Crippen molar-refractivity contribution in [2.75, 3.05) is 9.62 Å². The molecule has 13 heteroatoms. The molecule has 0 unspecified atom stereocenters. The van der Waals surface area contributed by atoms with E-state index in [1.165, 1.54) is 12.1 Å². The fourth-order valence-corrected chi connectivity index (χ4v) is 4.81. The number of fused-ring (bicyclic) bond motifs is 2. The molecule has 0 spiro atoms. The van der Waals surface area contributed by atoms with Crippen LogP contribution in [-0.4, -0.2) is 19.8 Å². The van der Waals surface area contributed by atoms with Crippen molar-refractivity contribution in [2.45, 2.75) is 30.9 Å². The topological polar surface area (TPSA) is 71.5 Å². The maximum Gasteiger partial charge on any atom is 0.573 e. The van der Waals surface area contributed by atoms with Crippen molar-refractivity contribution >= 4 is 27.2 Å². The van der Waals surface area contributed by atoms with Crippen LogP contribution in [0.2, 0.25) is 0 Å². The molecule has 0 saturated heterocycles. The minimum absolute atomic E-state index is 0.141. The second-order valence-corrected chi connectivity index (χ2v) is 9.24. The summed E-state index contributed by atoms with van der Waals surface area (Å²) in [6.07, 6.45) is -9.65. The van der Waals surface area contributed by atoms with Crippen molar-refractivity contribution in [1.82, 2.24) is 4.98 Å². The van der Waals surface area contributed by atoms with Gasteiger partial charge in [0.2, 0.25) is 0 Å². The summed E-state index contributed by atoms with van der Waals surface area (Å²) in [5.41, 5.74) is 0.0231. The maximum absolute atomic E-state index is 13.5. The highest BCUT2D eigenvalue weighted by molar-refractivity contribution is 7.92. The molecule has 0 radical (unpaired) electrons. The molecule has 180 valence electrons. The van der Waals surface area contributed by atoms with Gasteiger partial charge in [0.1, 0.15) is 17.3 Å². The number of pyridine rings is 1. The van der Waals surface area contributed by atoms with Gasteiger partial charge in [0, 0.05) is 5.56 Å². The number of aryl methyl sites for hydroxylation is 1. The molecule has 2 aromatic carbocycles. The number of sulfonamides is 1. The molecule has 2 heterocycles. The molecule has 0 fully saturated rings. The first kappa shape index (κ1) is 23.7. The molecule has 0 amide bonds. The molecule has 0 aliphatic carbocycles. The molecule has 1 aromatic heterocycles. The lowest BCUT2D eigenvalue weighted by Gasteiger charge is -2.25. The SMILES string of the molecule is Cc1ccc2c(c1)N(S(=O)(=O)c1ccc(OC(F)(F)F)cc1)Cc1ccc(C(F)(F)F)nc1N2. The Morgan fingerprint density at radius 3 is 2.26 bits per heavy atom. The number of aromatic nitrogens is 1. The van der Waals surface area contributed by atoms with E-state index in [9.17, 15) is 34.8 Å². The van der Waals surface area contributed by atoms with E-state index in [-0.39, 0.29) is 34.2 Å². The first-order valence-electron chi connectivity index (χ1n) is 9.57. The lowest BCUT2D eigenvalue weighted by Crippen LogP contribution is -2.30. The highest BCUT2D eigenvalue weighted by Gasteiger charge is 2.36. The summed E-state index contributed by atoms with van der Waals surface area (Å²) in [6, 6.07) is 10.2. The van der Waals surface area contributed by atoms with Crippen molar-refractivity contribution in [3.63, 3.8) is 0 Å². The Balaban J connectivity index is 1.80. The van der Waals surface area contributed by atoms with Gasteiger partial charge in [-0.25, -0.2) is 13.4 Å². The zero-order valence-electron chi connectivity index (χ0n) is 17.2. The highest BCUT2D eigenvalue weighted by Crippen LogP contribution is 2.40. The summed E-state index contributed by atoms with van der Waals surface area (Å²) >= 11 is 0. The van der Waals surface area contributed by atoms with Gasteiger partial charge in [-0.15, -0.1) is 13.2 Å². The van der Waals surface area contributed by atoms with Crippen LogP contribution in [0.1, 0.15) is 16.8 Å². The average Bonchev–Trinajstić information content (AvgIpc) is 2.88. The van der Waals surface area contributed by atoms with Crippen LogP contribution in [0.25, 0.3) is 0 Å². The number of ether oxygens (including phenoxy) is 1. The molecule has 1 N–H and O–H groups in total. The molecular formula is C21H15F6N3O3S. The Hall–Kier alpha value is -3.48. The monoisotopic (exact) mass is 503 g/mol. The molecule has 6 nitrogen and oxygen atoms in total. The van der Waals surface area contributed by atoms with Gasteiger partial charge in [-0.3, -0.25) is 4.31 Å². The van der Waals surface area contributed by atoms with E-state index in [1.807, 2.05) is 0 Å². The van der Waals surface area contributed by atoms with E-state index in [4.69, 9.17) is 0 Å². The second kappa shape index (κ2) is 8.08. The molecule has 0 saturated carbocycles. The summed E-state index contributed by atoms with van der Waals surface area (Å²) in [5, 5.41) is 2.77. The predicted molar refractivity (Wildman–Crippen MR) is 110 cm³/mol. The van der Waals surface area contributed by atoms with Crippen molar-refractivity contribution in [3.8, 4) is 5.75 Å². The van der Waals surface area contributed by atoms with Gasteiger partial charge in [-0.05, 0) is 55.0 Å². The number of halogens is 6. The van der Waals surface area contributed by atoms with Gasteiger partial charge >= 0.3 is 12.5 Å². The van der Waals surface area contributed by atoms with Crippen molar-refractivity contribution < 1.29 is 39.5 Å². The molecule has 0 bridgehead atoms. The predicted octanol–water partition coefficient (Wildman–Crippen LogP) is 5.76. The van der Waals surface area contributed by atoms with E-state index in [1.54, 1.807) is 13.0 Å². The number of nitrogens with one attached hydrogen (secondary N) is 1. The van der Waals surface area contributed by atoms with Gasteiger partial charge in [0.05, 0.1) is 22.8 Å². The Morgan fingerprint density at radius 1 is 0.971 bits per heavy atom. The number of rotatable bonds is 3. The molecule has 0 atom stereocenters. The summed E-state index contributed by atoms with van der Waals surface area (Å²) in [6.45, 7) is 1.33. The number of alkyl halides is 6. The first-order chi connectivity index (χ1) is 15.7. The van der Waals surface area contributed by atoms with Crippen molar-refractivity contribution in [2.24, 2.45) is 0 Å². The Kier molecular flexibility index (Phi) is 5.62. The van der Waals surface area contributed by atoms with Crippen LogP contribution in [-0.2, 0) is 22.7 Å². The Bertz CT molecular complexity index is 1340. The molecule has 34 heavy (non-hydrogen) atoms. The van der Waals surface area contributed by atoms with Crippen LogP contribution < -0.4 is 14.4 Å². The normalized spacial score (nSPS) is 14.0. The van der Waals surface area contributed by atoms with Gasteiger partial charge in [0.15, 0.2) is 0 Å². The van der Waals surface area contributed by atoms with E-state index in [2.05, 4.69) is 15.0 Å². The standard InChI is InChI=1S/C21H15F6N3O3S/c1-12-2-8-16-17(10-12)30(11-13-3-9-18(20(22,23)24)29-19(13)28-16)34(31,32)15-6-4-14(5-7-15)33-21(25,26)27/h2-10H,11H2,1H3,(H,28,29). The zero-order valence-corrected chi connectivity index (χ0v) is 18.0. The summed E-state index contributed by atoms with van der Waals surface area (Å²) in [7, 11) is -4.35. The average molecular weight is 503 g/mol.